The van der Waals surface area contributed by atoms with Crippen LogP contribution in [0.25, 0.3) is 11.3 Å². The summed E-state index contributed by atoms with van der Waals surface area (Å²) in [4.78, 5) is 23.3. The van der Waals surface area contributed by atoms with Gasteiger partial charge in [-0.1, -0.05) is 41.4 Å². The lowest BCUT2D eigenvalue weighted by molar-refractivity contribution is -0.128. The number of ether oxygens (including phenoxy) is 1. The summed E-state index contributed by atoms with van der Waals surface area (Å²) in [5.74, 6) is 0.894. The number of halogens is 2. The Morgan fingerprint density at radius 2 is 1.89 bits per heavy atom. The lowest BCUT2D eigenvalue weighted by atomic mass is 9.72. The van der Waals surface area contributed by atoms with Crippen LogP contribution in [0.2, 0.25) is 10.0 Å². The second-order valence-electron chi connectivity index (χ2n) is 10.2. The summed E-state index contributed by atoms with van der Waals surface area (Å²) in [6.07, 6.45) is 4.17. The molecule has 0 saturated carbocycles. The number of para-hydroxylation sites is 1. The predicted octanol–water partition coefficient (Wildman–Crippen LogP) is 5.81. The van der Waals surface area contributed by atoms with Gasteiger partial charge in [-0.3, -0.25) is 9.78 Å². The number of rotatable bonds is 7. The molecule has 0 unspecified atom stereocenters. The number of hydrogen-bond donors (Lipinski definition) is 1. The summed E-state index contributed by atoms with van der Waals surface area (Å²) in [7, 11) is 2.10. The Labute approximate surface area is 234 Å². The molecule has 3 heterocycles. The molecule has 2 aliphatic rings. The summed E-state index contributed by atoms with van der Waals surface area (Å²) in [6, 6.07) is 17.7. The number of nitrogens with one attached hydrogen (secondary N) is 1. The molecule has 0 spiro atoms. The van der Waals surface area contributed by atoms with Crippen molar-refractivity contribution in [2.24, 2.45) is 0 Å². The number of benzene rings is 2. The molecule has 2 aliphatic heterocycles. The summed E-state index contributed by atoms with van der Waals surface area (Å²) in [5, 5.41) is 4.61. The number of aromatic nitrogens is 1. The lowest BCUT2D eigenvalue weighted by Gasteiger charge is -2.42. The van der Waals surface area contributed by atoms with Crippen LogP contribution in [0.1, 0.15) is 31.7 Å². The molecule has 1 N–H and O–H groups in total. The van der Waals surface area contributed by atoms with Crippen LogP contribution in [0.4, 0.5) is 5.69 Å². The number of hydrogen-bond acceptors (Lipinski definition) is 5. The zero-order valence-corrected chi connectivity index (χ0v) is 23.4. The number of nitrogens with zero attached hydrogens (tertiary/aromatic N) is 3. The van der Waals surface area contributed by atoms with Crippen LogP contribution in [-0.2, 0) is 10.2 Å². The standard InChI is InChI=1S/C30H34Cl2N4O2/c1-3-38-28-7-5-4-6-24(28)26-10-8-21(19-33-26)30(29(37)34-23-12-15-35(2)20-23)13-16-36(17-14-30)27-11-9-22(31)18-25(27)32/h4-11,18-19,23H,3,12-17,20H2,1-2H3,(H,34,37)/t23-/m0/s1. The van der Waals surface area contributed by atoms with Crippen LogP contribution in [0.3, 0.4) is 0 Å². The first kappa shape index (κ1) is 26.8. The van der Waals surface area contributed by atoms with Gasteiger partial charge in [-0.05, 0) is 81.7 Å². The number of carbonyl (C=O) groups is 1. The van der Waals surface area contributed by atoms with E-state index >= 15 is 0 Å². The van der Waals surface area contributed by atoms with Gasteiger partial charge in [0.05, 0.1) is 28.4 Å². The molecule has 0 bridgehead atoms. The zero-order valence-electron chi connectivity index (χ0n) is 21.9. The summed E-state index contributed by atoms with van der Waals surface area (Å²) >= 11 is 12.6. The van der Waals surface area contributed by atoms with E-state index in [1.807, 2.05) is 55.6 Å². The van der Waals surface area contributed by atoms with E-state index in [1.54, 1.807) is 6.07 Å². The van der Waals surface area contributed by atoms with Crippen molar-refractivity contribution in [2.75, 3.05) is 44.7 Å². The zero-order chi connectivity index (χ0) is 26.7. The number of piperidine rings is 1. The van der Waals surface area contributed by atoms with Gasteiger partial charge in [-0.25, -0.2) is 0 Å². The van der Waals surface area contributed by atoms with Crippen molar-refractivity contribution in [2.45, 2.75) is 37.6 Å². The molecule has 0 radical (unpaired) electrons. The normalized spacial score (nSPS) is 19.4. The first-order chi connectivity index (χ1) is 18.4. The Balaban J connectivity index is 1.43. The molecule has 1 amide bonds. The first-order valence-electron chi connectivity index (χ1n) is 13.3. The first-order valence-corrected chi connectivity index (χ1v) is 14.0. The maximum absolute atomic E-state index is 14.0. The van der Waals surface area contributed by atoms with Crippen LogP contribution in [0.5, 0.6) is 5.75 Å². The third kappa shape index (κ3) is 5.49. The minimum Gasteiger partial charge on any atom is -0.493 e. The summed E-state index contributed by atoms with van der Waals surface area (Å²) in [5.41, 5.74) is 3.00. The average Bonchev–Trinajstić information content (AvgIpc) is 3.34. The number of carbonyl (C=O) groups excluding carboxylic acids is 1. The Kier molecular flexibility index (Phi) is 8.12. The molecular weight excluding hydrogens is 519 g/mol. The van der Waals surface area contributed by atoms with Crippen LogP contribution < -0.4 is 15.0 Å². The highest BCUT2D eigenvalue weighted by atomic mass is 35.5. The van der Waals surface area contributed by atoms with Gasteiger partial charge in [0, 0.05) is 42.5 Å². The van der Waals surface area contributed by atoms with Crippen molar-refractivity contribution in [3.63, 3.8) is 0 Å². The van der Waals surface area contributed by atoms with E-state index in [2.05, 4.69) is 28.2 Å². The van der Waals surface area contributed by atoms with E-state index in [9.17, 15) is 4.79 Å². The van der Waals surface area contributed by atoms with Crippen LogP contribution in [0, 0.1) is 0 Å². The molecule has 0 aliphatic carbocycles. The molecular formula is C30H34Cl2N4O2. The van der Waals surface area contributed by atoms with Crippen LogP contribution in [-0.4, -0.2) is 61.7 Å². The van der Waals surface area contributed by atoms with Gasteiger partial charge in [0.2, 0.25) is 5.91 Å². The topological polar surface area (TPSA) is 57.7 Å². The third-order valence-corrected chi connectivity index (χ3v) is 8.35. The van der Waals surface area contributed by atoms with Gasteiger partial charge in [-0.2, -0.15) is 0 Å². The lowest BCUT2D eigenvalue weighted by Crippen LogP contribution is -2.54. The fourth-order valence-corrected chi connectivity index (χ4v) is 6.21. The monoisotopic (exact) mass is 552 g/mol. The third-order valence-electron chi connectivity index (χ3n) is 7.81. The SMILES string of the molecule is CCOc1ccccc1-c1ccc(C2(C(=O)N[C@H]3CCN(C)C3)CCN(c3ccc(Cl)cc3Cl)CC2)cn1. The second kappa shape index (κ2) is 11.5. The van der Waals surface area contributed by atoms with Crippen LogP contribution in [0.15, 0.2) is 60.8 Å². The maximum Gasteiger partial charge on any atom is 0.231 e. The Morgan fingerprint density at radius 3 is 2.55 bits per heavy atom. The molecule has 1 atom stereocenters. The fraction of sp³-hybridized carbons (Fsp3) is 0.400. The summed E-state index contributed by atoms with van der Waals surface area (Å²) in [6.45, 7) is 5.84. The van der Waals surface area contributed by atoms with E-state index in [1.165, 1.54) is 0 Å². The number of pyridine rings is 1. The Bertz CT molecular complexity index is 1280. The molecule has 2 saturated heterocycles. The van der Waals surface area contributed by atoms with E-state index in [-0.39, 0.29) is 11.9 Å². The van der Waals surface area contributed by atoms with E-state index in [0.717, 1.165) is 47.8 Å². The fourth-order valence-electron chi connectivity index (χ4n) is 5.69. The van der Waals surface area contributed by atoms with Crippen molar-refractivity contribution < 1.29 is 9.53 Å². The number of anilines is 1. The van der Waals surface area contributed by atoms with E-state index < -0.39 is 5.41 Å². The van der Waals surface area contributed by atoms with Crippen molar-refractivity contribution in [1.29, 1.82) is 0 Å². The molecule has 6 nitrogen and oxygen atoms in total. The average molecular weight is 554 g/mol. The maximum atomic E-state index is 14.0. The largest absolute Gasteiger partial charge is 0.493 e. The molecule has 8 heteroatoms. The minimum absolute atomic E-state index is 0.0870. The second-order valence-corrected chi connectivity index (χ2v) is 11.1. The van der Waals surface area contributed by atoms with Crippen molar-refractivity contribution in [3.8, 4) is 17.0 Å². The van der Waals surface area contributed by atoms with Gasteiger partial charge in [0.1, 0.15) is 5.75 Å². The Hall–Kier alpha value is -2.80. The molecule has 2 fully saturated rings. The van der Waals surface area contributed by atoms with E-state index in [4.69, 9.17) is 32.9 Å². The highest BCUT2D eigenvalue weighted by Gasteiger charge is 2.44. The van der Waals surface area contributed by atoms with Crippen molar-refractivity contribution >= 4 is 34.8 Å². The van der Waals surface area contributed by atoms with Gasteiger partial charge in [0.25, 0.3) is 0 Å². The van der Waals surface area contributed by atoms with E-state index in [0.29, 0.717) is 42.6 Å². The molecule has 2 aromatic carbocycles. The van der Waals surface area contributed by atoms with Crippen molar-refractivity contribution in [1.82, 2.24) is 15.2 Å². The molecule has 200 valence electrons. The van der Waals surface area contributed by atoms with Crippen molar-refractivity contribution in [3.05, 3.63) is 76.4 Å². The minimum atomic E-state index is -0.665. The smallest absolute Gasteiger partial charge is 0.231 e. The number of amides is 1. The quantitative estimate of drug-likeness (QED) is 0.400. The van der Waals surface area contributed by atoms with Crippen LogP contribution >= 0.6 is 23.2 Å². The van der Waals surface area contributed by atoms with Gasteiger partial charge in [-0.15, -0.1) is 0 Å². The highest BCUT2D eigenvalue weighted by Crippen LogP contribution is 2.40. The highest BCUT2D eigenvalue weighted by molar-refractivity contribution is 6.36. The van der Waals surface area contributed by atoms with Gasteiger partial charge in [0.15, 0.2) is 0 Å². The molecule has 5 rings (SSSR count). The number of likely N-dealkylation sites (tertiary alicyclic amines) is 1. The van der Waals surface area contributed by atoms with Gasteiger partial charge >= 0.3 is 0 Å². The Morgan fingerprint density at radius 1 is 1.11 bits per heavy atom. The molecule has 38 heavy (non-hydrogen) atoms. The summed E-state index contributed by atoms with van der Waals surface area (Å²) < 4.78 is 5.82. The molecule has 1 aromatic heterocycles. The number of likely N-dealkylation sites (N-methyl/N-ethyl adjacent to an activating group) is 1. The molecule has 3 aromatic rings. The predicted molar refractivity (Wildman–Crippen MR) is 154 cm³/mol. The van der Waals surface area contributed by atoms with Gasteiger partial charge < -0.3 is 19.9 Å².